The molecule has 3 atom stereocenters. The number of ether oxygens (including phenoxy) is 1. The van der Waals surface area contributed by atoms with Gasteiger partial charge >= 0.3 is 5.97 Å². The van der Waals surface area contributed by atoms with E-state index >= 15 is 0 Å². The van der Waals surface area contributed by atoms with Crippen LogP contribution < -0.4 is 5.32 Å². The molecule has 4 nitrogen and oxygen atoms in total. The number of carbonyl (C=O) groups excluding carboxylic acids is 1. The zero-order valence-corrected chi connectivity index (χ0v) is 14.7. The van der Waals surface area contributed by atoms with Crippen LogP contribution in [0.25, 0.3) is 0 Å². The Hall–Kier alpha value is -2.24. The minimum atomic E-state index is -0.809. The van der Waals surface area contributed by atoms with Crippen LogP contribution in [0, 0.1) is 18.7 Å². The van der Waals surface area contributed by atoms with Gasteiger partial charge in [0.05, 0.1) is 19.1 Å². The number of carbonyl (C=O) groups is 1. The van der Waals surface area contributed by atoms with Crippen LogP contribution in [-0.4, -0.2) is 24.7 Å². The second-order valence-corrected chi connectivity index (χ2v) is 6.13. The third-order valence-electron chi connectivity index (χ3n) is 4.35. The molecule has 0 spiro atoms. The fourth-order valence-corrected chi connectivity index (χ4v) is 2.93. The van der Waals surface area contributed by atoms with Gasteiger partial charge in [0.15, 0.2) is 0 Å². The van der Waals surface area contributed by atoms with Crippen molar-refractivity contribution in [3.8, 4) is 0 Å². The molecule has 3 unspecified atom stereocenters. The molecule has 0 radical (unpaired) electrons. The molecule has 2 aromatic rings. The Bertz CT molecular complexity index is 705. The van der Waals surface area contributed by atoms with Crippen molar-refractivity contribution >= 4 is 5.97 Å². The summed E-state index contributed by atoms with van der Waals surface area (Å²) in [6.45, 7) is 3.77. The number of halogens is 1. The van der Waals surface area contributed by atoms with Crippen LogP contribution >= 0.6 is 0 Å². The van der Waals surface area contributed by atoms with Crippen LogP contribution in [0.3, 0.4) is 0 Å². The highest BCUT2D eigenvalue weighted by atomic mass is 19.1. The zero-order valence-electron chi connectivity index (χ0n) is 14.7. The molecule has 25 heavy (non-hydrogen) atoms. The number of rotatable bonds is 7. The Morgan fingerprint density at radius 2 is 1.92 bits per heavy atom. The first kappa shape index (κ1) is 19.1. The summed E-state index contributed by atoms with van der Waals surface area (Å²) in [7, 11) is 1.36. The fourth-order valence-electron chi connectivity index (χ4n) is 2.93. The number of esters is 1. The first-order valence-electron chi connectivity index (χ1n) is 8.24. The lowest BCUT2D eigenvalue weighted by Crippen LogP contribution is -2.34. The summed E-state index contributed by atoms with van der Waals surface area (Å²) < 4.78 is 18.1. The molecule has 0 aliphatic carbocycles. The lowest BCUT2D eigenvalue weighted by molar-refractivity contribution is -0.146. The molecule has 134 valence electrons. The number of aliphatic hydroxyl groups excluding tert-OH is 1. The topological polar surface area (TPSA) is 58.6 Å². The van der Waals surface area contributed by atoms with E-state index in [2.05, 4.69) is 5.32 Å². The van der Waals surface area contributed by atoms with Crippen LogP contribution in [0.2, 0.25) is 0 Å². The van der Waals surface area contributed by atoms with Crippen molar-refractivity contribution in [3.63, 3.8) is 0 Å². The number of hydrogen-bond donors (Lipinski definition) is 2. The molecule has 0 saturated carbocycles. The van der Waals surface area contributed by atoms with Gasteiger partial charge in [-0.1, -0.05) is 43.3 Å². The predicted molar refractivity (Wildman–Crippen MR) is 94.5 cm³/mol. The molecule has 0 fully saturated rings. The van der Waals surface area contributed by atoms with Crippen LogP contribution in [0.5, 0.6) is 0 Å². The lowest BCUT2D eigenvalue weighted by Gasteiger charge is -2.26. The van der Waals surface area contributed by atoms with Gasteiger partial charge in [-0.2, -0.15) is 0 Å². The average molecular weight is 345 g/mol. The molecule has 5 heteroatoms. The van der Waals surface area contributed by atoms with E-state index in [0.717, 1.165) is 5.56 Å². The molecule has 0 aliphatic rings. The SMILES string of the molecule is COC(=O)C(C)C(NCC(O)c1ccc(F)cc1C)c1ccccc1. The van der Waals surface area contributed by atoms with Crippen molar-refractivity contribution in [1.82, 2.24) is 5.32 Å². The number of aryl methyl sites for hydroxylation is 1. The summed E-state index contributed by atoms with van der Waals surface area (Å²) in [5, 5.41) is 13.7. The van der Waals surface area contributed by atoms with Gasteiger partial charge in [0.2, 0.25) is 0 Å². The first-order valence-corrected chi connectivity index (χ1v) is 8.24. The van der Waals surface area contributed by atoms with Crippen LogP contribution in [0.4, 0.5) is 4.39 Å². The predicted octanol–water partition coefficient (Wildman–Crippen LogP) is 3.31. The Morgan fingerprint density at radius 1 is 1.24 bits per heavy atom. The number of nitrogens with one attached hydrogen (secondary N) is 1. The van der Waals surface area contributed by atoms with Gasteiger partial charge in [-0.15, -0.1) is 0 Å². The largest absolute Gasteiger partial charge is 0.469 e. The summed E-state index contributed by atoms with van der Waals surface area (Å²) in [5.74, 6) is -1.08. The molecular formula is C20H24FNO3. The maximum atomic E-state index is 13.2. The van der Waals surface area contributed by atoms with Crippen molar-refractivity contribution in [2.75, 3.05) is 13.7 Å². The summed E-state index contributed by atoms with van der Waals surface area (Å²) in [4.78, 5) is 12.0. The minimum Gasteiger partial charge on any atom is -0.469 e. The van der Waals surface area contributed by atoms with Crippen LogP contribution in [0.15, 0.2) is 48.5 Å². The monoisotopic (exact) mass is 345 g/mol. The van der Waals surface area contributed by atoms with Crippen molar-refractivity contribution in [1.29, 1.82) is 0 Å². The lowest BCUT2D eigenvalue weighted by atomic mass is 9.94. The van der Waals surface area contributed by atoms with E-state index in [9.17, 15) is 14.3 Å². The van der Waals surface area contributed by atoms with Crippen molar-refractivity contribution in [3.05, 3.63) is 71.0 Å². The average Bonchev–Trinajstić information content (AvgIpc) is 2.61. The Morgan fingerprint density at radius 3 is 2.52 bits per heavy atom. The summed E-state index contributed by atoms with van der Waals surface area (Å²) >= 11 is 0. The molecule has 2 N–H and O–H groups in total. The van der Waals surface area contributed by atoms with Crippen molar-refractivity contribution in [2.24, 2.45) is 5.92 Å². The van der Waals surface area contributed by atoms with Gasteiger partial charge in [-0.3, -0.25) is 4.79 Å². The normalized spacial score (nSPS) is 14.6. The maximum Gasteiger partial charge on any atom is 0.310 e. The highest BCUT2D eigenvalue weighted by Gasteiger charge is 2.26. The Kier molecular flexibility index (Phi) is 6.67. The fraction of sp³-hybridized carbons (Fsp3) is 0.350. The highest BCUT2D eigenvalue weighted by Crippen LogP contribution is 2.25. The Labute approximate surface area is 147 Å². The van der Waals surface area contributed by atoms with Crippen molar-refractivity contribution in [2.45, 2.75) is 26.0 Å². The zero-order chi connectivity index (χ0) is 18.4. The van der Waals surface area contributed by atoms with E-state index in [4.69, 9.17) is 4.74 Å². The van der Waals surface area contributed by atoms with E-state index in [1.165, 1.54) is 19.2 Å². The summed E-state index contributed by atoms with van der Waals surface area (Å²) in [6, 6.07) is 13.5. The molecule has 0 saturated heterocycles. The second-order valence-electron chi connectivity index (χ2n) is 6.13. The van der Waals surface area contributed by atoms with E-state index in [1.54, 1.807) is 19.9 Å². The number of hydrogen-bond acceptors (Lipinski definition) is 4. The van der Waals surface area contributed by atoms with Gasteiger partial charge < -0.3 is 15.2 Å². The van der Waals surface area contributed by atoms with E-state index in [1.807, 2.05) is 30.3 Å². The third kappa shape index (κ3) is 4.87. The first-order chi connectivity index (χ1) is 11.9. The molecule has 0 aromatic heterocycles. The standard InChI is InChI=1S/C20H24FNO3/c1-13-11-16(21)9-10-17(13)18(23)12-22-19(14(2)20(24)25-3)15-7-5-4-6-8-15/h4-11,14,18-19,22-23H,12H2,1-3H3. The number of methoxy groups -OCH3 is 1. The quantitative estimate of drug-likeness (QED) is 0.756. The molecule has 2 aromatic carbocycles. The number of benzene rings is 2. The van der Waals surface area contributed by atoms with Gasteiger partial charge in [0.25, 0.3) is 0 Å². The minimum absolute atomic E-state index is 0.230. The molecule has 2 rings (SSSR count). The highest BCUT2D eigenvalue weighted by molar-refractivity contribution is 5.73. The van der Waals surface area contributed by atoms with Gasteiger partial charge in [0, 0.05) is 12.6 Å². The summed E-state index contributed by atoms with van der Waals surface area (Å²) in [6.07, 6.45) is -0.809. The number of aliphatic hydroxyl groups is 1. The van der Waals surface area contributed by atoms with E-state index in [0.29, 0.717) is 11.1 Å². The van der Waals surface area contributed by atoms with Crippen LogP contribution in [0.1, 0.15) is 35.8 Å². The second kappa shape index (κ2) is 8.74. The maximum absolute atomic E-state index is 13.2. The summed E-state index contributed by atoms with van der Waals surface area (Å²) in [5.41, 5.74) is 2.28. The van der Waals surface area contributed by atoms with Crippen LogP contribution in [-0.2, 0) is 9.53 Å². The van der Waals surface area contributed by atoms with Crippen molar-refractivity contribution < 1.29 is 19.0 Å². The van der Waals surface area contributed by atoms with Gasteiger partial charge in [0.1, 0.15) is 5.82 Å². The molecule has 0 amide bonds. The molecular weight excluding hydrogens is 321 g/mol. The van der Waals surface area contributed by atoms with E-state index in [-0.39, 0.29) is 24.4 Å². The third-order valence-corrected chi connectivity index (χ3v) is 4.35. The van der Waals surface area contributed by atoms with Gasteiger partial charge in [-0.05, 0) is 35.7 Å². The van der Waals surface area contributed by atoms with Gasteiger partial charge in [-0.25, -0.2) is 4.39 Å². The molecule has 0 bridgehead atoms. The Balaban J connectivity index is 2.15. The molecule has 0 aliphatic heterocycles. The van der Waals surface area contributed by atoms with E-state index < -0.39 is 12.0 Å². The molecule has 0 heterocycles. The smallest absolute Gasteiger partial charge is 0.310 e.